The van der Waals surface area contributed by atoms with Crippen LogP contribution in [0.2, 0.25) is 16.6 Å². The van der Waals surface area contributed by atoms with Gasteiger partial charge in [-0.1, -0.05) is 77.8 Å². The van der Waals surface area contributed by atoms with Crippen molar-refractivity contribution in [2.45, 2.75) is 96.7 Å². The average molecular weight is 293 g/mol. The quantitative estimate of drug-likeness (QED) is 0.477. The van der Waals surface area contributed by atoms with Gasteiger partial charge in [-0.3, -0.25) is 0 Å². The van der Waals surface area contributed by atoms with E-state index in [0.717, 1.165) is 16.6 Å². The van der Waals surface area contributed by atoms with E-state index < -0.39 is 8.07 Å². The van der Waals surface area contributed by atoms with Gasteiger partial charge in [0.25, 0.3) is 0 Å². The Labute approximate surface area is 128 Å². The molecule has 0 saturated carbocycles. The third kappa shape index (κ3) is 4.34. The van der Waals surface area contributed by atoms with Crippen LogP contribution in [0, 0.1) is 0 Å². The van der Waals surface area contributed by atoms with Gasteiger partial charge in [0.15, 0.2) is 0 Å². The lowest BCUT2D eigenvalue weighted by atomic mass is 10.0. The highest BCUT2D eigenvalue weighted by atomic mass is 28.3. The fourth-order valence-corrected chi connectivity index (χ4v) is 9.85. The van der Waals surface area contributed by atoms with Crippen LogP contribution < -0.4 is 0 Å². The Kier molecular flexibility index (Phi) is 7.29. The molecule has 0 N–H and O–H groups in total. The Bertz CT molecular complexity index is 312. The second-order valence-electron chi connectivity index (χ2n) is 7.53. The van der Waals surface area contributed by atoms with Gasteiger partial charge in [-0.25, -0.2) is 0 Å². The monoisotopic (exact) mass is 292 g/mol. The molecule has 0 aromatic carbocycles. The second-order valence-corrected chi connectivity index (χ2v) is 13.3. The van der Waals surface area contributed by atoms with Crippen molar-refractivity contribution in [3.05, 3.63) is 23.4 Å². The third-order valence-corrected chi connectivity index (χ3v) is 12.2. The summed E-state index contributed by atoms with van der Waals surface area (Å²) >= 11 is 0. The number of allylic oxidation sites excluding steroid dienone is 3. The maximum atomic E-state index is 2.69. The van der Waals surface area contributed by atoms with Gasteiger partial charge < -0.3 is 0 Å². The highest BCUT2D eigenvalue weighted by Gasteiger charge is 2.40. The van der Waals surface area contributed by atoms with E-state index in [-0.39, 0.29) is 0 Å². The van der Waals surface area contributed by atoms with E-state index in [1.165, 1.54) is 38.5 Å². The van der Waals surface area contributed by atoms with Gasteiger partial charge in [-0.15, -0.1) is 0 Å². The summed E-state index contributed by atoms with van der Waals surface area (Å²) in [6, 6.07) is 0. The highest BCUT2D eigenvalue weighted by Crippen LogP contribution is 2.42. The van der Waals surface area contributed by atoms with Crippen LogP contribution in [0.15, 0.2) is 23.4 Å². The topological polar surface area (TPSA) is 0 Å². The molecule has 1 rings (SSSR count). The molecule has 0 radical (unpaired) electrons. The molecule has 0 aliphatic heterocycles. The average Bonchev–Trinajstić information content (AvgIpc) is 2.30. The first-order valence-corrected chi connectivity index (χ1v) is 11.1. The minimum atomic E-state index is -1.36. The molecule has 0 fully saturated rings. The van der Waals surface area contributed by atoms with Crippen molar-refractivity contribution < 1.29 is 0 Å². The predicted octanol–water partition coefficient (Wildman–Crippen LogP) is 7.04. The molecule has 0 aromatic rings. The van der Waals surface area contributed by atoms with Crippen LogP contribution in [-0.4, -0.2) is 8.07 Å². The molecule has 1 aliphatic carbocycles. The normalized spacial score (nSPS) is 21.4. The van der Waals surface area contributed by atoms with Gasteiger partial charge in [0, 0.05) is 0 Å². The lowest BCUT2D eigenvalue weighted by Gasteiger charge is -2.40. The fourth-order valence-electron chi connectivity index (χ4n) is 4.20. The molecule has 0 heterocycles. The van der Waals surface area contributed by atoms with E-state index in [9.17, 15) is 0 Å². The zero-order chi connectivity index (χ0) is 15.2. The predicted molar refractivity (Wildman–Crippen MR) is 96.0 cm³/mol. The summed E-state index contributed by atoms with van der Waals surface area (Å²) in [5.41, 5.74) is 6.79. The van der Waals surface area contributed by atoms with Crippen molar-refractivity contribution in [2.75, 3.05) is 0 Å². The Morgan fingerprint density at radius 3 is 1.95 bits per heavy atom. The second kappa shape index (κ2) is 8.22. The minimum absolute atomic E-state index is 0.827. The third-order valence-electron chi connectivity index (χ3n) is 5.41. The van der Waals surface area contributed by atoms with Crippen molar-refractivity contribution in [3.8, 4) is 0 Å². The van der Waals surface area contributed by atoms with Crippen LogP contribution in [0.4, 0.5) is 0 Å². The molecule has 0 amide bonds. The van der Waals surface area contributed by atoms with Gasteiger partial charge in [0.05, 0.1) is 8.07 Å². The summed E-state index contributed by atoms with van der Waals surface area (Å²) in [6.07, 6.45) is 13.2. The van der Waals surface area contributed by atoms with Gasteiger partial charge in [-0.2, -0.15) is 0 Å². The van der Waals surface area contributed by atoms with Gasteiger partial charge >= 0.3 is 0 Å². The summed E-state index contributed by atoms with van der Waals surface area (Å²) in [5, 5.41) is 0. The molecule has 0 atom stereocenters. The van der Waals surface area contributed by atoms with Gasteiger partial charge in [-0.05, 0) is 42.3 Å². The Hall–Kier alpha value is -0.303. The number of rotatable bonds is 5. The molecule has 0 aromatic heterocycles. The minimum Gasteiger partial charge on any atom is -0.0932 e. The molecule has 0 spiro atoms. The highest BCUT2D eigenvalue weighted by molar-refractivity contribution is 6.88. The largest absolute Gasteiger partial charge is 0.0932 e. The molecule has 0 nitrogen and oxygen atoms in total. The Morgan fingerprint density at radius 1 is 0.850 bits per heavy atom. The zero-order valence-electron chi connectivity index (χ0n) is 14.7. The molecule has 0 unspecified atom stereocenters. The Morgan fingerprint density at radius 2 is 1.40 bits per heavy atom. The van der Waals surface area contributed by atoms with Gasteiger partial charge in [0.2, 0.25) is 0 Å². The summed E-state index contributed by atoms with van der Waals surface area (Å²) in [7, 11) is -1.36. The van der Waals surface area contributed by atoms with E-state index in [4.69, 9.17) is 0 Å². The molecular formula is C19H36Si. The molecule has 116 valence electrons. The molecular weight excluding hydrogens is 256 g/mol. The first-order valence-electron chi connectivity index (χ1n) is 8.79. The molecule has 0 saturated heterocycles. The Balaban J connectivity index is 2.95. The lowest BCUT2D eigenvalue weighted by molar-refractivity contribution is 0.630. The van der Waals surface area contributed by atoms with Crippen molar-refractivity contribution >= 4 is 8.07 Å². The van der Waals surface area contributed by atoms with E-state index >= 15 is 0 Å². The SMILES string of the molecule is CC(C)[Si](/C=C/C1=C/CCCCCC1)(C(C)C)C(C)C. The van der Waals surface area contributed by atoms with Crippen LogP contribution in [-0.2, 0) is 0 Å². The maximum Gasteiger partial charge on any atom is 0.0853 e. The first-order chi connectivity index (χ1) is 9.41. The van der Waals surface area contributed by atoms with Crippen LogP contribution in [0.1, 0.15) is 80.1 Å². The number of hydrogen-bond acceptors (Lipinski definition) is 0. The van der Waals surface area contributed by atoms with Gasteiger partial charge in [0.1, 0.15) is 0 Å². The van der Waals surface area contributed by atoms with Crippen molar-refractivity contribution in [1.29, 1.82) is 0 Å². The van der Waals surface area contributed by atoms with E-state index in [2.05, 4.69) is 59.4 Å². The van der Waals surface area contributed by atoms with Crippen LogP contribution >= 0.6 is 0 Å². The standard InChI is InChI=1S/C19H36Si/c1-16(2)20(17(3)4,18(5)6)15-14-19-12-10-8-7-9-11-13-19/h12,14-18H,7-11,13H2,1-6H3/b15-14+,19-12+. The summed E-state index contributed by atoms with van der Waals surface area (Å²) < 4.78 is 0. The molecule has 1 aliphatic rings. The first kappa shape index (κ1) is 17.7. The van der Waals surface area contributed by atoms with E-state index in [1.54, 1.807) is 5.57 Å². The van der Waals surface area contributed by atoms with Crippen LogP contribution in [0.3, 0.4) is 0 Å². The van der Waals surface area contributed by atoms with Crippen molar-refractivity contribution in [3.63, 3.8) is 0 Å². The lowest BCUT2D eigenvalue weighted by Crippen LogP contribution is -2.42. The molecule has 1 heteroatoms. The zero-order valence-corrected chi connectivity index (χ0v) is 15.7. The summed E-state index contributed by atoms with van der Waals surface area (Å²) in [5.74, 6) is 0. The van der Waals surface area contributed by atoms with Crippen molar-refractivity contribution in [2.24, 2.45) is 0 Å². The van der Waals surface area contributed by atoms with Crippen LogP contribution in [0.25, 0.3) is 0 Å². The molecule has 0 bridgehead atoms. The smallest absolute Gasteiger partial charge is 0.0853 e. The van der Waals surface area contributed by atoms with Crippen molar-refractivity contribution in [1.82, 2.24) is 0 Å². The van der Waals surface area contributed by atoms with E-state index in [1.807, 2.05) is 0 Å². The summed E-state index contributed by atoms with van der Waals surface area (Å²) in [4.78, 5) is 0. The van der Waals surface area contributed by atoms with E-state index in [0.29, 0.717) is 0 Å². The fraction of sp³-hybridized carbons (Fsp3) is 0.789. The number of hydrogen-bond donors (Lipinski definition) is 0. The maximum absolute atomic E-state index is 2.69. The summed E-state index contributed by atoms with van der Waals surface area (Å²) in [6.45, 7) is 14.7. The van der Waals surface area contributed by atoms with Crippen LogP contribution in [0.5, 0.6) is 0 Å². The molecule has 20 heavy (non-hydrogen) atoms.